The molecular formula is C5H9NO2. The van der Waals surface area contributed by atoms with Crippen molar-refractivity contribution in [3.05, 3.63) is 0 Å². The molecule has 8 heavy (non-hydrogen) atoms. The van der Waals surface area contributed by atoms with Crippen molar-refractivity contribution in [3.8, 4) is 0 Å². The van der Waals surface area contributed by atoms with Crippen molar-refractivity contribution >= 4 is 5.97 Å². The van der Waals surface area contributed by atoms with Gasteiger partial charge in [0.2, 0.25) is 0 Å². The van der Waals surface area contributed by atoms with E-state index >= 15 is 0 Å². The van der Waals surface area contributed by atoms with Crippen LogP contribution < -0.4 is 5.73 Å². The normalized spacial score (nSPS) is 28.1. The van der Waals surface area contributed by atoms with E-state index in [1.807, 2.05) is 0 Å². The van der Waals surface area contributed by atoms with Crippen LogP contribution in [0.2, 0.25) is 0 Å². The second-order valence-electron chi connectivity index (χ2n) is 1.89. The maximum atomic E-state index is 10.5. The lowest BCUT2D eigenvalue weighted by molar-refractivity contribution is -0.140. The monoisotopic (exact) mass is 115 g/mol. The Kier molecular flexibility index (Phi) is 1.48. The molecule has 0 amide bonds. The molecular weight excluding hydrogens is 106 g/mol. The minimum atomic E-state index is -0.132. The van der Waals surface area contributed by atoms with Crippen LogP contribution in [-0.4, -0.2) is 19.1 Å². The fourth-order valence-corrected chi connectivity index (χ4v) is 0.752. The summed E-state index contributed by atoms with van der Waals surface area (Å²) in [5.74, 6) is -0.150. The molecule has 0 unspecified atom stereocenters. The fraction of sp³-hybridized carbons (Fsp3) is 0.800. The van der Waals surface area contributed by atoms with Crippen LogP contribution in [-0.2, 0) is 9.53 Å². The quantitative estimate of drug-likeness (QED) is 0.469. The molecule has 0 spiro atoms. The van der Waals surface area contributed by atoms with Gasteiger partial charge in [-0.2, -0.15) is 0 Å². The van der Waals surface area contributed by atoms with Gasteiger partial charge in [0.25, 0.3) is 0 Å². The summed E-state index contributed by atoms with van der Waals surface area (Å²) in [5, 5.41) is 0. The van der Waals surface area contributed by atoms with Gasteiger partial charge in [-0.1, -0.05) is 0 Å². The Morgan fingerprint density at radius 3 is 2.88 bits per heavy atom. The van der Waals surface area contributed by atoms with Gasteiger partial charge in [-0.3, -0.25) is 4.79 Å². The van der Waals surface area contributed by atoms with Crippen molar-refractivity contribution in [1.29, 1.82) is 0 Å². The molecule has 1 aliphatic rings. The van der Waals surface area contributed by atoms with E-state index in [9.17, 15) is 4.79 Å². The van der Waals surface area contributed by atoms with Crippen molar-refractivity contribution in [2.75, 3.05) is 13.2 Å². The lowest BCUT2D eigenvalue weighted by Crippen LogP contribution is -2.18. The highest BCUT2D eigenvalue weighted by Gasteiger charge is 2.24. The molecule has 1 heterocycles. The smallest absolute Gasteiger partial charge is 0.310 e. The molecule has 1 atom stereocenters. The van der Waals surface area contributed by atoms with Gasteiger partial charge in [0.1, 0.15) is 0 Å². The number of esters is 1. The molecule has 0 saturated carbocycles. The first-order valence-corrected chi connectivity index (χ1v) is 2.71. The van der Waals surface area contributed by atoms with Gasteiger partial charge < -0.3 is 10.5 Å². The predicted molar refractivity (Wildman–Crippen MR) is 28.1 cm³/mol. The Bertz CT molecular complexity index is 103. The van der Waals surface area contributed by atoms with E-state index in [0.29, 0.717) is 13.2 Å². The minimum Gasteiger partial charge on any atom is -0.465 e. The van der Waals surface area contributed by atoms with Crippen molar-refractivity contribution in [3.63, 3.8) is 0 Å². The van der Waals surface area contributed by atoms with Gasteiger partial charge in [0, 0.05) is 6.54 Å². The van der Waals surface area contributed by atoms with Crippen LogP contribution in [0.15, 0.2) is 0 Å². The maximum absolute atomic E-state index is 10.5. The molecule has 0 aromatic rings. The van der Waals surface area contributed by atoms with E-state index in [0.717, 1.165) is 6.42 Å². The van der Waals surface area contributed by atoms with Gasteiger partial charge in [-0.05, 0) is 6.42 Å². The van der Waals surface area contributed by atoms with E-state index < -0.39 is 0 Å². The lowest BCUT2D eigenvalue weighted by atomic mass is 10.1. The molecule has 3 nitrogen and oxygen atoms in total. The van der Waals surface area contributed by atoms with Gasteiger partial charge in [0.05, 0.1) is 12.5 Å². The second kappa shape index (κ2) is 2.13. The van der Waals surface area contributed by atoms with E-state index in [1.54, 1.807) is 0 Å². The molecule has 0 aromatic heterocycles. The Morgan fingerprint density at radius 1 is 1.88 bits per heavy atom. The fourth-order valence-electron chi connectivity index (χ4n) is 0.752. The van der Waals surface area contributed by atoms with Crippen LogP contribution in [0.5, 0.6) is 0 Å². The molecule has 0 radical (unpaired) electrons. The standard InChI is InChI=1S/C5H9NO2/c6-3-4-1-2-8-5(4)7/h4H,1-3,6H2/t4-/m0/s1. The van der Waals surface area contributed by atoms with E-state index in [4.69, 9.17) is 5.73 Å². The summed E-state index contributed by atoms with van der Waals surface area (Å²) in [7, 11) is 0. The number of hydrogen-bond donors (Lipinski definition) is 1. The summed E-state index contributed by atoms with van der Waals surface area (Å²) >= 11 is 0. The van der Waals surface area contributed by atoms with Crippen molar-refractivity contribution in [2.45, 2.75) is 6.42 Å². The molecule has 1 saturated heterocycles. The lowest BCUT2D eigenvalue weighted by Gasteiger charge is -1.95. The summed E-state index contributed by atoms with van der Waals surface area (Å²) < 4.78 is 4.64. The van der Waals surface area contributed by atoms with Crippen LogP contribution in [0.3, 0.4) is 0 Å². The minimum absolute atomic E-state index is 0.0185. The Morgan fingerprint density at radius 2 is 2.62 bits per heavy atom. The van der Waals surface area contributed by atoms with E-state index in [-0.39, 0.29) is 11.9 Å². The number of nitrogens with two attached hydrogens (primary N) is 1. The Labute approximate surface area is 47.8 Å². The van der Waals surface area contributed by atoms with E-state index in [2.05, 4.69) is 4.74 Å². The van der Waals surface area contributed by atoms with Crippen molar-refractivity contribution in [2.24, 2.45) is 11.7 Å². The number of carbonyl (C=O) groups is 1. The van der Waals surface area contributed by atoms with Gasteiger partial charge in [-0.25, -0.2) is 0 Å². The third-order valence-corrected chi connectivity index (χ3v) is 1.33. The zero-order valence-corrected chi connectivity index (χ0v) is 4.59. The molecule has 3 heteroatoms. The average molecular weight is 115 g/mol. The van der Waals surface area contributed by atoms with Gasteiger partial charge in [0.15, 0.2) is 0 Å². The number of cyclic esters (lactones) is 1. The summed E-state index contributed by atoms with van der Waals surface area (Å²) in [6, 6.07) is 0. The zero-order chi connectivity index (χ0) is 5.98. The summed E-state index contributed by atoms with van der Waals surface area (Å²) in [6.45, 7) is 0.986. The average Bonchev–Trinajstić information content (AvgIpc) is 2.14. The molecule has 2 N–H and O–H groups in total. The van der Waals surface area contributed by atoms with Crippen LogP contribution in [0.4, 0.5) is 0 Å². The Hall–Kier alpha value is -0.570. The van der Waals surface area contributed by atoms with Crippen molar-refractivity contribution in [1.82, 2.24) is 0 Å². The van der Waals surface area contributed by atoms with E-state index in [1.165, 1.54) is 0 Å². The number of carbonyl (C=O) groups excluding carboxylic acids is 1. The zero-order valence-electron chi connectivity index (χ0n) is 4.59. The first-order valence-electron chi connectivity index (χ1n) is 2.71. The third kappa shape index (κ3) is 0.816. The SMILES string of the molecule is NC[C@@H]1CCOC1=O. The van der Waals surface area contributed by atoms with Crippen LogP contribution in [0.1, 0.15) is 6.42 Å². The molecule has 1 aliphatic heterocycles. The van der Waals surface area contributed by atoms with Crippen LogP contribution in [0, 0.1) is 5.92 Å². The molecule has 1 fully saturated rings. The van der Waals surface area contributed by atoms with Crippen LogP contribution in [0.25, 0.3) is 0 Å². The largest absolute Gasteiger partial charge is 0.465 e. The highest BCUT2D eigenvalue weighted by Crippen LogP contribution is 2.11. The predicted octanol–water partition coefficient (Wildman–Crippen LogP) is -0.492. The van der Waals surface area contributed by atoms with Crippen LogP contribution >= 0.6 is 0 Å². The maximum Gasteiger partial charge on any atom is 0.310 e. The number of ether oxygens (including phenoxy) is 1. The topological polar surface area (TPSA) is 52.3 Å². The summed E-state index contributed by atoms with van der Waals surface area (Å²) in [6.07, 6.45) is 0.801. The number of hydrogen-bond acceptors (Lipinski definition) is 3. The summed E-state index contributed by atoms with van der Waals surface area (Å²) in [4.78, 5) is 10.5. The molecule has 46 valence electrons. The number of rotatable bonds is 1. The first kappa shape index (κ1) is 5.56. The summed E-state index contributed by atoms with van der Waals surface area (Å²) in [5.41, 5.74) is 5.22. The van der Waals surface area contributed by atoms with Crippen molar-refractivity contribution < 1.29 is 9.53 Å². The molecule has 0 aliphatic carbocycles. The molecule has 1 rings (SSSR count). The highest BCUT2D eigenvalue weighted by molar-refractivity contribution is 5.74. The van der Waals surface area contributed by atoms with Gasteiger partial charge >= 0.3 is 5.97 Å². The molecule has 0 bridgehead atoms. The highest BCUT2D eigenvalue weighted by atomic mass is 16.5. The third-order valence-electron chi connectivity index (χ3n) is 1.33. The first-order chi connectivity index (χ1) is 3.84. The Balaban J connectivity index is 2.42. The second-order valence-corrected chi connectivity index (χ2v) is 1.89. The molecule has 0 aromatic carbocycles. The van der Waals surface area contributed by atoms with Gasteiger partial charge in [-0.15, -0.1) is 0 Å².